The van der Waals surface area contributed by atoms with Crippen molar-refractivity contribution < 1.29 is 9.63 Å². The molecule has 0 unspecified atom stereocenters. The van der Waals surface area contributed by atoms with E-state index in [1.54, 1.807) is 11.3 Å². The molecule has 0 atom stereocenters. The number of hydroxylamine groups is 2. The Hall–Kier alpha value is -1.17. The monoisotopic (exact) mass is 269 g/mol. The third-order valence-corrected chi connectivity index (χ3v) is 3.19. The molecular weight excluding hydrogens is 254 g/mol. The number of pyridine rings is 1. The molecule has 98 valence electrons. The van der Waals surface area contributed by atoms with Gasteiger partial charge in [0.05, 0.1) is 10.6 Å². The van der Waals surface area contributed by atoms with Crippen LogP contribution in [-0.2, 0) is 11.3 Å². The first-order valence-corrected chi connectivity index (χ1v) is 6.40. The highest BCUT2D eigenvalue weighted by Crippen LogP contribution is 2.20. The molecule has 0 spiro atoms. The number of rotatable bonds is 3. The molecule has 2 rings (SSSR count). The van der Waals surface area contributed by atoms with Crippen molar-refractivity contribution in [3.05, 3.63) is 28.5 Å². The SMILES string of the molecule is CCc1c(Cl)cncc1C(=O)ON1CCNCC1. The number of carbonyl (C=O) groups is 1. The van der Waals surface area contributed by atoms with E-state index in [4.69, 9.17) is 16.4 Å². The predicted octanol–water partition coefficient (Wildman–Crippen LogP) is 1.27. The zero-order chi connectivity index (χ0) is 13.0. The Bertz CT molecular complexity index is 433. The van der Waals surface area contributed by atoms with E-state index < -0.39 is 0 Å². The summed E-state index contributed by atoms with van der Waals surface area (Å²) in [6.45, 7) is 4.98. The van der Waals surface area contributed by atoms with Crippen LogP contribution in [0, 0.1) is 0 Å². The number of hydrogen-bond acceptors (Lipinski definition) is 5. The quantitative estimate of drug-likeness (QED) is 0.896. The fourth-order valence-corrected chi connectivity index (χ4v) is 2.19. The molecule has 2 heterocycles. The van der Waals surface area contributed by atoms with Gasteiger partial charge in [-0.05, 0) is 12.0 Å². The lowest BCUT2D eigenvalue weighted by molar-refractivity contribution is -0.115. The maximum Gasteiger partial charge on any atom is 0.358 e. The van der Waals surface area contributed by atoms with Gasteiger partial charge in [-0.2, -0.15) is 0 Å². The van der Waals surface area contributed by atoms with Gasteiger partial charge in [0.1, 0.15) is 0 Å². The molecule has 1 aromatic heterocycles. The number of nitrogens with one attached hydrogen (secondary N) is 1. The highest BCUT2D eigenvalue weighted by Gasteiger charge is 2.19. The molecule has 0 bridgehead atoms. The first-order valence-electron chi connectivity index (χ1n) is 6.02. The molecule has 5 nitrogen and oxygen atoms in total. The van der Waals surface area contributed by atoms with Gasteiger partial charge in [-0.25, -0.2) is 4.79 Å². The van der Waals surface area contributed by atoms with Crippen LogP contribution in [-0.4, -0.2) is 42.2 Å². The van der Waals surface area contributed by atoms with E-state index in [2.05, 4.69) is 10.3 Å². The number of piperazine rings is 1. The summed E-state index contributed by atoms with van der Waals surface area (Å²) in [4.78, 5) is 21.3. The number of halogens is 1. The highest BCUT2D eigenvalue weighted by molar-refractivity contribution is 6.31. The molecule has 6 heteroatoms. The second-order valence-electron chi connectivity index (χ2n) is 4.06. The van der Waals surface area contributed by atoms with Gasteiger partial charge in [0.15, 0.2) is 0 Å². The van der Waals surface area contributed by atoms with Crippen molar-refractivity contribution in [3.63, 3.8) is 0 Å². The van der Waals surface area contributed by atoms with Crippen LogP contribution < -0.4 is 5.32 Å². The molecule has 1 aliphatic heterocycles. The predicted molar refractivity (Wildman–Crippen MR) is 68.5 cm³/mol. The molecule has 0 saturated carbocycles. The summed E-state index contributed by atoms with van der Waals surface area (Å²) < 4.78 is 0. The van der Waals surface area contributed by atoms with Crippen molar-refractivity contribution in [1.82, 2.24) is 15.4 Å². The Labute approximate surface area is 111 Å². The summed E-state index contributed by atoms with van der Waals surface area (Å²) in [7, 11) is 0. The Morgan fingerprint density at radius 2 is 2.22 bits per heavy atom. The average Bonchev–Trinajstić information content (AvgIpc) is 2.39. The Morgan fingerprint density at radius 1 is 1.50 bits per heavy atom. The third-order valence-electron chi connectivity index (χ3n) is 2.87. The normalized spacial score (nSPS) is 16.6. The number of aromatic nitrogens is 1. The molecule has 1 fully saturated rings. The molecule has 0 amide bonds. The first kappa shape index (κ1) is 13.3. The van der Waals surface area contributed by atoms with Gasteiger partial charge in [-0.15, -0.1) is 5.06 Å². The van der Waals surface area contributed by atoms with Crippen molar-refractivity contribution in [2.24, 2.45) is 0 Å². The molecule has 1 saturated heterocycles. The first-order chi connectivity index (χ1) is 8.72. The number of nitrogens with zero attached hydrogens (tertiary/aromatic N) is 2. The van der Waals surface area contributed by atoms with Crippen molar-refractivity contribution in [3.8, 4) is 0 Å². The van der Waals surface area contributed by atoms with E-state index >= 15 is 0 Å². The lowest BCUT2D eigenvalue weighted by Gasteiger charge is -2.25. The molecule has 0 aromatic carbocycles. The minimum Gasteiger partial charge on any atom is -0.364 e. The molecule has 1 N–H and O–H groups in total. The lowest BCUT2D eigenvalue weighted by Crippen LogP contribution is -2.44. The van der Waals surface area contributed by atoms with Crippen molar-refractivity contribution in [1.29, 1.82) is 0 Å². The Balaban J connectivity index is 2.10. The van der Waals surface area contributed by atoms with Crippen LogP contribution in [0.15, 0.2) is 12.4 Å². The molecule has 1 aromatic rings. The van der Waals surface area contributed by atoms with Crippen LogP contribution in [0.2, 0.25) is 5.02 Å². The zero-order valence-electron chi connectivity index (χ0n) is 10.3. The summed E-state index contributed by atoms with van der Waals surface area (Å²) >= 11 is 6.02. The van der Waals surface area contributed by atoms with Gasteiger partial charge in [-0.1, -0.05) is 18.5 Å². The van der Waals surface area contributed by atoms with E-state index in [-0.39, 0.29) is 5.97 Å². The van der Waals surface area contributed by atoms with E-state index in [1.165, 1.54) is 6.20 Å². The summed E-state index contributed by atoms with van der Waals surface area (Å²) in [6.07, 6.45) is 3.73. The average molecular weight is 270 g/mol. The third kappa shape index (κ3) is 2.98. The van der Waals surface area contributed by atoms with E-state index in [0.29, 0.717) is 30.1 Å². The van der Waals surface area contributed by atoms with E-state index in [0.717, 1.165) is 18.7 Å². The van der Waals surface area contributed by atoms with E-state index in [9.17, 15) is 4.79 Å². The fraction of sp³-hybridized carbons (Fsp3) is 0.500. The Kier molecular flexibility index (Phi) is 4.52. The van der Waals surface area contributed by atoms with Gasteiger partial charge in [0, 0.05) is 38.6 Å². The largest absolute Gasteiger partial charge is 0.364 e. The summed E-state index contributed by atoms with van der Waals surface area (Å²) in [6, 6.07) is 0. The van der Waals surface area contributed by atoms with Crippen LogP contribution in [0.25, 0.3) is 0 Å². The van der Waals surface area contributed by atoms with Crippen LogP contribution in [0.4, 0.5) is 0 Å². The molecule has 1 aliphatic rings. The Morgan fingerprint density at radius 3 is 2.89 bits per heavy atom. The van der Waals surface area contributed by atoms with Gasteiger partial charge >= 0.3 is 5.97 Å². The van der Waals surface area contributed by atoms with Gasteiger partial charge in [0.2, 0.25) is 0 Å². The summed E-state index contributed by atoms with van der Waals surface area (Å²) in [5.74, 6) is -0.385. The van der Waals surface area contributed by atoms with Crippen molar-refractivity contribution >= 4 is 17.6 Å². The maximum absolute atomic E-state index is 12.1. The second-order valence-corrected chi connectivity index (χ2v) is 4.47. The van der Waals surface area contributed by atoms with Gasteiger partial charge in [-0.3, -0.25) is 4.98 Å². The van der Waals surface area contributed by atoms with Crippen molar-refractivity contribution in [2.75, 3.05) is 26.2 Å². The summed E-state index contributed by atoms with van der Waals surface area (Å²) in [5.41, 5.74) is 1.23. The van der Waals surface area contributed by atoms with Gasteiger partial charge in [0.25, 0.3) is 0 Å². The topological polar surface area (TPSA) is 54.5 Å². The fourth-order valence-electron chi connectivity index (χ4n) is 1.90. The molecule has 0 aliphatic carbocycles. The summed E-state index contributed by atoms with van der Waals surface area (Å²) in [5, 5.41) is 5.37. The van der Waals surface area contributed by atoms with Crippen LogP contribution in [0.1, 0.15) is 22.8 Å². The van der Waals surface area contributed by atoms with Crippen molar-refractivity contribution in [2.45, 2.75) is 13.3 Å². The van der Waals surface area contributed by atoms with Gasteiger partial charge < -0.3 is 10.2 Å². The number of carbonyl (C=O) groups excluding carboxylic acids is 1. The zero-order valence-corrected chi connectivity index (χ0v) is 11.0. The smallest absolute Gasteiger partial charge is 0.358 e. The maximum atomic E-state index is 12.1. The van der Waals surface area contributed by atoms with Crippen LogP contribution >= 0.6 is 11.6 Å². The van der Waals surface area contributed by atoms with Crippen LogP contribution in [0.3, 0.4) is 0 Å². The van der Waals surface area contributed by atoms with Crippen LogP contribution in [0.5, 0.6) is 0 Å². The van der Waals surface area contributed by atoms with E-state index in [1.807, 2.05) is 6.92 Å². The number of hydrogen-bond donors (Lipinski definition) is 1. The minimum absolute atomic E-state index is 0.385. The second kappa shape index (κ2) is 6.13. The standard InChI is InChI=1S/C12H16ClN3O2/c1-2-9-10(7-15-8-11(9)13)12(17)18-16-5-3-14-4-6-16/h7-8,14H,2-6H2,1H3. The molecule has 0 radical (unpaired) electrons. The highest BCUT2D eigenvalue weighted by atomic mass is 35.5. The molecular formula is C12H16ClN3O2. The molecule has 18 heavy (non-hydrogen) atoms. The minimum atomic E-state index is -0.385. The lowest BCUT2D eigenvalue weighted by atomic mass is 10.1.